The molecule has 1 saturated heterocycles. The van der Waals surface area contributed by atoms with Crippen LogP contribution in [-0.2, 0) is 9.59 Å². The predicted octanol–water partition coefficient (Wildman–Crippen LogP) is 3.77. The SMILES string of the molecule is CC(C)C1C(=O)C(=O)N(c2ccc3nc[nH]c3c2)C1c1cccc(F)c1F. The Hall–Kier alpha value is -3.09. The number of H-pyrrole nitrogens is 1. The van der Waals surface area contributed by atoms with E-state index in [2.05, 4.69) is 9.97 Å². The van der Waals surface area contributed by atoms with E-state index in [1.165, 1.54) is 23.4 Å². The van der Waals surface area contributed by atoms with E-state index in [1.54, 1.807) is 32.0 Å². The Morgan fingerprint density at radius 2 is 1.93 bits per heavy atom. The molecule has 138 valence electrons. The smallest absolute Gasteiger partial charge is 0.295 e. The monoisotopic (exact) mass is 369 g/mol. The Morgan fingerprint density at radius 1 is 1.15 bits per heavy atom. The van der Waals surface area contributed by atoms with Crippen molar-refractivity contribution >= 4 is 28.4 Å². The number of hydrogen-bond donors (Lipinski definition) is 1. The van der Waals surface area contributed by atoms with Gasteiger partial charge in [-0.1, -0.05) is 26.0 Å². The molecule has 0 aliphatic carbocycles. The molecule has 0 spiro atoms. The highest BCUT2D eigenvalue weighted by atomic mass is 19.2. The Bertz CT molecular complexity index is 1060. The van der Waals surface area contributed by atoms with Crippen molar-refractivity contribution in [1.82, 2.24) is 9.97 Å². The average molecular weight is 369 g/mol. The molecule has 2 atom stereocenters. The van der Waals surface area contributed by atoms with E-state index in [0.717, 1.165) is 6.07 Å². The Kier molecular flexibility index (Phi) is 4.02. The topological polar surface area (TPSA) is 66.1 Å². The number of nitrogens with zero attached hydrogens (tertiary/aromatic N) is 2. The molecule has 3 aromatic rings. The number of benzene rings is 2. The summed E-state index contributed by atoms with van der Waals surface area (Å²) < 4.78 is 28.5. The van der Waals surface area contributed by atoms with Crippen molar-refractivity contribution in [3.05, 3.63) is 59.9 Å². The molecule has 1 N–H and O–H groups in total. The zero-order valence-corrected chi connectivity index (χ0v) is 14.7. The zero-order chi connectivity index (χ0) is 19.3. The van der Waals surface area contributed by atoms with Gasteiger partial charge in [0.05, 0.1) is 29.3 Å². The van der Waals surface area contributed by atoms with Crippen molar-refractivity contribution in [3.63, 3.8) is 0 Å². The summed E-state index contributed by atoms with van der Waals surface area (Å²) in [6.45, 7) is 3.59. The summed E-state index contributed by atoms with van der Waals surface area (Å²) in [4.78, 5) is 33.9. The molecule has 2 unspecified atom stereocenters. The molecule has 1 fully saturated rings. The van der Waals surface area contributed by atoms with Crippen molar-refractivity contribution in [2.75, 3.05) is 4.90 Å². The number of hydrogen-bond acceptors (Lipinski definition) is 3. The maximum atomic E-state index is 14.6. The molecule has 1 aliphatic heterocycles. The van der Waals surface area contributed by atoms with E-state index in [4.69, 9.17) is 0 Å². The number of rotatable bonds is 3. The number of aromatic nitrogens is 2. The fraction of sp³-hybridized carbons (Fsp3) is 0.250. The van der Waals surface area contributed by atoms with Crippen LogP contribution in [0.3, 0.4) is 0 Å². The maximum Gasteiger partial charge on any atom is 0.295 e. The normalized spacial score (nSPS) is 20.3. The zero-order valence-electron chi connectivity index (χ0n) is 14.7. The fourth-order valence-corrected chi connectivity index (χ4v) is 3.79. The van der Waals surface area contributed by atoms with Crippen LogP contribution in [-0.4, -0.2) is 21.7 Å². The molecule has 5 nitrogen and oxygen atoms in total. The standard InChI is InChI=1S/C20H17F2N3O2/c1-10(2)16-18(12-4-3-5-13(21)17(12)22)25(20(27)19(16)26)11-6-7-14-15(8-11)24-9-23-14/h3-10,16,18H,1-2H3,(H,23,24). The van der Waals surface area contributed by atoms with Gasteiger partial charge in [-0.05, 0) is 30.2 Å². The molecule has 27 heavy (non-hydrogen) atoms. The van der Waals surface area contributed by atoms with Crippen molar-refractivity contribution in [3.8, 4) is 0 Å². The minimum Gasteiger partial charge on any atom is -0.345 e. The number of imidazole rings is 1. The number of nitrogens with one attached hydrogen (secondary N) is 1. The van der Waals surface area contributed by atoms with Crippen molar-refractivity contribution in [2.24, 2.45) is 11.8 Å². The third-order valence-corrected chi connectivity index (χ3v) is 5.05. The summed E-state index contributed by atoms with van der Waals surface area (Å²) in [6.07, 6.45) is 1.52. The largest absolute Gasteiger partial charge is 0.345 e. The van der Waals surface area contributed by atoms with Gasteiger partial charge in [-0.3, -0.25) is 14.5 Å². The van der Waals surface area contributed by atoms with Gasteiger partial charge in [0, 0.05) is 11.3 Å². The molecular weight excluding hydrogens is 352 g/mol. The second-order valence-corrected chi connectivity index (χ2v) is 7.00. The summed E-state index contributed by atoms with van der Waals surface area (Å²) in [6, 6.07) is 7.95. The first-order valence-electron chi connectivity index (χ1n) is 8.64. The number of fused-ring (bicyclic) bond motifs is 1. The fourth-order valence-electron chi connectivity index (χ4n) is 3.79. The predicted molar refractivity (Wildman–Crippen MR) is 96.0 cm³/mol. The summed E-state index contributed by atoms with van der Waals surface area (Å²) in [5, 5.41) is 0. The Labute approximate surface area is 154 Å². The first kappa shape index (κ1) is 17.3. The number of anilines is 1. The van der Waals surface area contributed by atoms with Crippen LogP contribution < -0.4 is 4.90 Å². The lowest BCUT2D eigenvalue weighted by molar-refractivity contribution is -0.136. The lowest BCUT2D eigenvalue weighted by atomic mass is 9.84. The van der Waals surface area contributed by atoms with Gasteiger partial charge < -0.3 is 4.98 Å². The van der Waals surface area contributed by atoms with Crippen molar-refractivity contribution in [2.45, 2.75) is 19.9 Å². The first-order chi connectivity index (χ1) is 12.9. The highest BCUT2D eigenvalue weighted by Gasteiger charge is 2.50. The van der Waals surface area contributed by atoms with Crippen LogP contribution in [0.25, 0.3) is 11.0 Å². The molecular formula is C20H17F2N3O2. The van der Waals surface area contributed by atoms with E-state index >= 15 is 0 Å². The second-order valence-electron chi connectivity index (χ2n) is 7.00. The van der Waals surface area contributed by atoms with Crippen LogP contribution in [0.4, 0.5) is 14.5 Å². The third kappa shape index (κ3) is 2.61. The Morgan fingerprint density at radius 3 is 2.67 bits per heavy atom. The molecule has 2 aromatic carbocycles. The van der Waals surface area contributed by atoms with Crippen LogP contribution in [0, 0.1) is 23.5 Å². The van der Waals surface area contributed by atoms with Crippen molar-refractivity contribution < 1.29 is 18.4 Å². The molecule has 0 saturated carbocycles. The van der Waals surface area contributed by atoms with Gasteiger partial charge in [0.25, 0.3) is 5.91 Å². The van der Waals surface area contributed by atoms with E-state index in [-0.39, 0.29) is 11.5 Å². The number of carbonyl (C=O) groups is 2. The van der Waals surface area contributed by atoms with Crippen LogP contribution in [0.1, 0.15) is 25.5 Å². The average Bonchev–Trinajstić information content (AvgIpc) is 3.20. The number of ketones is 1. The molecule has 7 heteroatoms. The molecule has 0 radical (unpaired) electrons. The van der Waals surface area contributed by atoms with Gasteiger partial charge in [0.15, 0.2) is 11.6 Å². The molecule has 1 aliphatic rings. The highest BCUT2D eigenvalue weighted by molar-refractivity contribution is 6.45. The van der Waals surface area contributed by atoms with Gasteiger partial charge in [0.2, 0.25) is 5.78 Å². The minimum absolute atomic E-state index is 0.00222. The molecule has 4 rings (SSSR count). The van der Waals surface area contributed by atoms with Gasteiger partial charge in [-0.15, -0.1) is 0 Å². The molecule has 0 bridgehead atoms. The van der Waals surface area contributed by atoms with E-state index < -0.39 is 35.3 Å². The highest BCUT2D eigenvalue weighted by Crippen LogP contribution is 2.44. The minimum atomic E-state index is -1.04. The lowest BCUT2D eigenvalue weighted by Crippen LogP contribution is -2.30. The van der Waals surface area contributed by atoms with Gasteiger partial charge in [-0.2, -0.15) is 0 Å². The number of amides is 1. The summed E-state index contributed by atoms with van der Waals surface area (Å²) in [5.41, 5.74) is 1.81. The summed E-state index contributed by atoms with van der Waals surface area (Å²) >= 11 is 0. The molecule has 1 aromatic heterocycles. The summed E-state index contributed by atoms with van der Waals surface area (Å²) in [5.74, 6) is -4.36. The van der Waals surface area contributed by atoms with Crippen LogP contribution in [0.5, 0.6) is 0 Å². The number of aromatic amines is 1. The number of carbonyl (C=O) groups excluding carboxylic acids is 2. The van der Waals surface area contributed by atoms with Crippen LogP contribution in [0.15, 0.2) is 42.7 Å². The van der Waals surface area contributed by atoms with Crippen LogP contribution in [0.2, 0.25) is 0 Å². The van der Waals surface area contributed by atoms with Gasteiger partial charge >= 0.3 is 0 Å². The van der Waals surface area contributed by atoms with E-state index in [0.29, 0.717) is 16.7 Å². The number of Topliss-reactive ketones (excluding diaryl/α,β-unsaturated/α-hetero) is 1. The van der Waals surface area contributed by atoms with Crippen molar-refractivity contribution in [1.29, 1.82) is 0 Å². The van der Waals surface area contributed by atoms with E-state index in [1.807, 2.05) is 0 Å². The van der Waals surface area contributed by atoms with Gasteiger partial charge in [-0.25, -0.2) is 13.8 Å². The first-order valence-corrected chi connectivity index (χ1v) is 8.64. The maximum absolute atomic E-state index is 14.6. The van der Waals surface area contributed by atoms with Gasteiger partial charge in [0.1, 0.15) is 0 Å². The summed E-state index contributed by atoms with van der Waals surface area (Å²) in [7, 11) is 0. The van der Waals surface area contributed by atoms with Crippen LogP contribution >= 0.6 is 0 Å². The third-order valence-electron chi connectivity index (χ3n) is 5.05. The molecule has 1 amide bonds. The van der Waals surface area contributed by atoms with E-state index in [9.17, 15) is 18.4 Å². The quantitative estimate of drug-likeness (QED) is 0.715. The second kappa shape index (κ2) is 6.26. The molecule has 2 heterocycles. The Balaban J connectivity index is 1.92. The number of halogens is 2. The lowest BCUT2D eigenvalue weighted by Gasteiger charge is -2.29.